The lowest BCUT2D eigenvalue weighted by atomic mass is 10.1. The molecule has 2 amide bonds. The first-order chi connectivity index (χ1) is 13.7. The Kier molecular flexibility index (Phi) is 4.88. The molecule has 140 valence electrons. The monoisotopic (exact) mass is 375 g/mol. The minimum absolute atomic E-state index is 0.234. The molecule has 4 aromatic rings. The molecule has 0 aliphatic carbocycles. The molecule has 0 radical (unpaired) electrons. The maximum atomic E-state index is 12.4. The number of carbonyl (C=O) groups excluding carboxylic acids is 2. The number of aromatic nitrogens is 1. The Hall–Kier alpha value is -3.87. The van der Waals surface area contributed by atoms with Gasteiger partial charge in [-0.2, -0.15) is 0 Å². The molecule has 2 heterocycles. The van der Waals surface area contributed by atoms with Crippen molar-refractivity contribution in [3.8, 4) is 11.3 Å². The molecule has 0 unspecified atom stereocenters. The third-order valence-electron chi connectivity index (χ3n) is 4.22. The molecule has 0 aliphatic heterocycles. The number of carbonyl (C=O) groups is 2. The van der Waals surface area contributed by atoms with Crippen molar-refractivity contribution in [3.63, 3.8) is 0 Å². The molecule has 28 heavy (non-hydrogen) atoms. The molecule has 7 nitrogen and oxygen atoms in total. The average Bonchev–Trinajstić information content (AvgIpc) is 3.41. The van der Waals surface area contributed by atoms with Gasteiger partial charge in [0.2, 0.25) is 0 Å². The van der Waals surface area contributed by atoms with E-state index in [1.807, 2.05) is 30.3 Å². The zero-order chi connectivity index (χ0) is 19.3. The van der Waals surface area contributed by atoms with Crippen molar-refractivity contribution in [3.05, 3.63) is 78.3 Å². The number of furan rings is 1. The number of amides is 2. The fraction of sp³-hybridized carbons (Fsp3) is 0.0952. The number of nitrogens with zero attached hydrogens (tertiary/aromatic N) is 1. The smallest absolute Gasteiger partial charge is 0.287 e. The predicted molar refractivity (Wildman–Crippen MR) is 103 cm³/mol. The van der Waals surface area contributed by atoms with Crippen LogP contribution in [0.25, 0.3) is 22.2 Å². The highest BCUT2D eigenvalue weighted by Gasteiger charge is 2.14. The molecular weight excluding hydrogens is 358 g/mol. The van der Waals surface area contributed by atoms with E-state index in [0.717, 1.165) is 10.9 Å². The molecule has 0 atom stereocenters. The Bertz CT molecular complexity index is 1100. The van der Waals surface area contributed by atoms with E-state index in [4.69, 9.17) is 8.94 Å². The summed E-state index contributed by atoms with van der Waals surface area (Å²) in [5.74, 6) is 0.292. The highest BCUT2D eigenvalue weighted by Crippen LogP contribution is 2.29. The third-order valence-corrected chi connectivity index (χ3v) is 4.22. The number of nitrogens with one attached hydrogen (secondary N) is 2. The van der Waals surface area contributed by atoms with Crippen LogP contribution in [0.2, 0.25) is 0 Å². The van der Waals surface area contributed by atoms with Crippen LogP contribution < -0.4 is 10.6 Å². The number of hydrogen-bond acceptors (Lipinski definition) is 5. The fourth-order valence-electron chi connectivity index (χ4n) is 2.83. The van der Waals surface area contributed by atoms with Crippen LogP contribution in [0.4, 0.5) is 0 Å². The zero-order valence-electron chi connectivity index (χ0n) is 14.8. The summed E-state index contributed by atoms with van der Waals surface area (Å²) < 4.78 is 10.5. The molecule has 4 rings (SSSR count). The Balaban J connectivity index is 1.41. The SMILES string of the molecule is O=C(NCCNC(=O)c1ccco1)c1ccc2noc(-c3ccccc3)c2c1. The van der Waals surface area contributed by atoms with Crippen LogP contribution in [0.5, 0.6) is 0 Å². The molecule has 0 aliphatic rings. The second-order valence-corrected chi connectivity index (χ2v) is 6.10. The summed E-state index contributed by atoms with van der Waals surface area (Å²) >= 11 is 0. The summed E-state index contributed by atoms with van der Waals surface area (Å²) in [6.07, 6.45) is 1.43. The fourth-order valence-corrected chi connectivity index (χ4v) is 2.83. The molecular formula is C21H17N3O4. The van der Waals surface area contributed by atoms with E-state index < -0.39 is 0 Å². The zero-order valence-corrected chi connectivity index (χ0v) is 14.8. The quantitative estimate of drug-likeness (QED) is 0.504. The van der Waals surface area contributed by atoms with Gasteiger partial charge in [-0.3, -0.25) is 9.59 Å². The highest BCUT2D eigenvalue weighted by molar-refractivity contribution is 6.01. The van der Waals surface area contributed by atoms with Gasteiger partial charge in [-0.15, -0.1) is 0 Å². The van der Waals surface area contributed by atoms with Gasteiger partial charge in [-0.25, -0.2) is 0 Å². The molecule has 0 saturated carbocycles. The summed E-state index contributed by atoms with van der Waals surface area (Å²) in [5, 5.41) is 10.3. The van der Waals surface area contributed by atoms with Crippen LogP contribution in [-0.2, 0) is 0 Å². The van der Waals surface area contributed by atoms with Crippen LogP contribution in [0.1, 0.15) is 20.9 Å². The van der Waals surface area contributed by atoms with Gasteiger partial charge in [0.05, 0.1) is 11.6 Å². The van der Waals surface area contributed by atoms with Crippen molar-refractivity contribution < 1.29 is 18.5 Å². The minimum atomic E-state index is -0.322. The lowest BCUT2D eigenvalue weighted by Crippen LogP contribution is -2.34. The molecule has 0 saturated heterocycles. The number of benzene rings is 2. The molecule has 2 N–H and O–H groups in total. The first-order valence-electron chi connectivity index (χ1n) is 8.77. The average molecular weight is 375 g/mol. The minimum Gasteiger partial charge on any atom is -0.459 e. The molecule has 0 bridgehead atoms. The number of rotatable bonds is 6. The molecule has 2 aromatic heterocycles. The lowest BCUT2D eigenvalue weighted by molar-refractivity contribution is 0.0910. The molecule has 0 fully saturated rings. The standard InChI is InChI=1S/C21H17N3O4/c25-20(22-10-11-23-21(26)18-7-4-12-27-18)15-8-9-17-16(13-15)19(28-24-17)14-5-2-1-3-6-14/h1-9,12-13H,10-11H2,(H,22,25)(H,23,26). The van der Waals surface area contributed by atoms with Gasteiger partial charge in [-0.05, 0) is 30.3 Å². The third kappa shape index (κ3) is 3.64. The molecule has 0 spiro atoms. The van der Waals surface area contributed by atoms with Crippen LogP contribution in [0, 0.1) is 0 Å². The van der Waals surface area contributed by atoms with Crippen molar-refractivity contribution in [1.29, 1.82) is 0 Å². The molecule has 2 aromatic carbocycles. The van der Waals surface area contributed by atoms with Gasteiger partial charge in [0.1, 0.15) is 5.52 Å². The normalized spacial score (nSPS) is 10.7. The van der Waals surface area contributed by atoms with Crippen molar-refractivity contribution >= 4 is 22.7 Å². The van der Waals surface area contributed by atoms with Crippen LogP contribution >= 0.6 is 0 Å². The van der Waals surface area contributed by atoms with E-state index in [1.54, 1.807) is 30.3 Å². The van der Waals surface area contributed by atoms with Crippen LogP contribution in [-0.4, -0.2) is 30.1 Å². The van der Waals surface area contributed by atoms with Gasteiger partial charge in [0.15, 0.2) is 11.5 Å². The van der Waals surface area contributed by atoms with Crippen molar-refractivity contribution in [2.45, 2.75) is 0 Å². The number of hydrogen-bond donors (Lipinski definition) is 2. The van der Waals surface area contributed by atoms with Gasteiger partial charge < -0.3 is 19.6 Å². The highest BCUT2D eigenvalue weighted by atomic mass is 16.5. The van der Waals surface area contributed by atoms with Crippen molar-refractivity contribution in [2.75, 3.05) is 13.1 Å². The Morgan fingerprint density at radius 3 is 2.43 bits per heavy atom. The summed E-state index contributed by atoms with van der Waals surface area (Å²) in [6, 6.07) is 18.0. The summed E-state index contributed by atoms with van der Waals surface area (Å²) in [4.78, 5) is 24.2. The van der Waals surface area contributed by atoms with Gasteiger partial charge in [0, 0.05) is 24.2 Å². The Labute approximate surface area is 160 Å². The second kappa shape index (κ2) is 7.79. The van der Waals surface area contributed by atoms with Crippen LogP contribution in [0.3, 0.4) is 0 Å². The van der Waals surface area contributed by atoms with E-state index in [1.165, 1.54) is 6.26 Å². The summed E-state index contributed by atoms with van der Waals surface area (Å²) in [7, 11) is 0. The topological polar surface area (TPSA) is 97.4 Å². The van der Waals surface area contributed by atoms with Gasteiger partial charge in [-0.1, -0.05) is 35.5 Å². The second-order valence-electron chi connectivity index (χ2n) is 6.10. The first-order valence-corrected chi connectivity index (χ1v) is 8.77. The van der Waals surface area contributed by atoms with Gasteiger partial charge in [0.25, 0.3) is 11.8 Å². The van der Waals surface area contributed by atoms with E-state index in [-0.39, 0.29) is 24.1 Å². The largest absolute Gasteiger partial charge is 0.459 e. The van der Waals surface area contributed by atoms with E-state index >= 15 is 0 Å². The Morgan fingerprint density at radius 2 is 1.68 bits per heavy atom. The summed E-state index contributed by atoms with van der Waals surface area (Å²) in [5.41, 5.74) is 2.06. The van der Waals surface area contributed by atoms with Crippen molar-refractivity contribution in [1.82, 2.24) is 15.8 Å². The lowest BCUT2D eigenvalue weighted by Gasteiger charge is -2.06. The maximum Gasteiger partial charge on any atom is 0.287 e. The Morgan fingerprint density at radius 1 is 0.893 bits per heavy atom. The van der Waals surface area contributed by atoms with Crippen LogP contribution in [0.15, 0.2) is 75.9 Å². The predicted octanol–water partition coefficient (Wildman–Crippen LogP) is 3.25. The summed E-state index contributed by atoms with van der Waals surface area (Å²) in [6.45, 7) is 0.578. The first kappa shape index (κ1) is 17.5. The van der Waals surface area contributed by atoms with E-state index in [9.17, 15) is 9.59 Å². The van der Waals surface area contributed by atoms with Crippen molar-refractivity contribution in [2.24, 2.45) is 0 Å². The maximum absolute atomic E-state index is 12.4. The molecule has 7 heteroatoms. The van der Waals surface area contributed by atoms with E-state index in [2.05, 4.69) is 15.8 Å². The van der Waals surface area contributed by atoms with E-state index in [0.29, 0.717) is 23.4 Å². The van der Waals surface area contributed by atoms with Gasteiger partial charge >= 0.3 is 0 Å². The number of fused-ring (bicyclic) bond motifs is 1.